The SMILES string of the molecule is CC(C)CN(CCNCc1c(C(=O)O)n(Cc2ccccc2)c2ccccc12)CC(C)C. The van der Waals surface area contributed by atoms with Gasteiger partial charge in [0.25, 0.3) is 0 Å². The Balaban J connectivity index is 1.80. The van der Waals surface area contributed by atoms with Crippen LogP contribution in [0.15, 0.2) is 54.6 Å². The molecule has 1 heterocycles. The summed E-state index contributed by atoms with van der Waals surface area (Å²) in [6.45, 7) is 14.0. The minimum atomic E-state index is -0.879. The maximum atomic E-state index is 12.3. The number of carbonyl (C=O) groups is 1. The second kappa shape index (κ2) is 11.3. The van der Waals surface area contributed by atoms with E-state index < -0.39 is 5.97 Å². The van der Waals surface area contributed by atoms with Gasteiger partial charge in [-0.1, -0.05) is 76.2 Å². The predicted octanol–water partition coefficient (Wildman–Crippen LogP) is 5.09. The average Bonchev–Trinajstić information content (AvgIpc) is 3.05. The molecule has 2 aromatic carbocycles. The van der Waals surface area contributed by atoms with Crippen LogP contribution in [0, 0.1) is 11.8 Å². The first-order valence-electron chi connectivity index (χ1n) is 11.7. The highest BCUT2D eigenvalue weighted by Crippen LogP contribution is 2.27. The van der Waals surface area contributed by atoms with Gasteiger partial charge in [0.05, 0.1) is 0 Å². The number of hydrogen-bond donors (Lipinski definition) is 2. The lowest BCUT2D eigenvalue weighted by molar-refractivity contribution is 0.0684. The molecular weight excluding hydrogens is 398 g/mol. The fourth-order valence-electron chi connectivity index (χ4n) is 4.47. The van der Waals surface area contributed by atoms with E-state index in [1.165, 1.54) is 0 Å². The van der Waals surface area contributed by atoms with Gasteiger partial charge >= 0.3 is 5.97 Å². The summed E-state index contributed by atoms with van der Waals surface area (Å²) in [7, 11) is 0. The molecule has 0 fully saturated rings. The van der Waals surface area contributed by atoms with E-state index >= 15 is 0 Å². The second-order valence-corrected chi connectivity index (χ2v) is 9.45. The third-order valence-corrected chi connectivity index (χ3v) is 5.62. The first kappa shape index (κ1) is 24.0. The van der Waals surface area contributed by atoms with Gasteiger partial charge in [-0.3, -0.25) is 0 Å². The van der Waals surface area contributed by atoms with Gasteiger partial charge in [-0.05, 0) is 23.5 Å². The van der Waals surface area contributed by atoms with E-state index in [0.29, 0.717) is 30.6 Å². The highest BCUT2D eigenvalue weighted by atomic mass is 16.4. The van der Waals surface area contributed by atoms with Crippen LogP contribution in [0.3, 0.4) is 0 Å². The van der Waals surface area contributed by atoms with Crippen LogP contribution in [0.4, 0.5) is 0 Å². The van der Waals surface area contributed by atoms with Crippen molar-refractivity contribution in [2.24, 2.45) is 11.8 Å². The Morgan fingerprint density at radius 2 is 1.59 bits per heavy atom. The van der Waals surface area contributed by atoms with Crippen LogP contribution < -0.4 is 5.32 Å². The monoisotopic (exact) mass is 435 g/mol. The molecule has 3 aromatic rings. The molecule has 172 valence electrons. The van der Waals surface area contributed by atoms with Crippen LogP contribution in [0.5, 0.6) is 0 Å². The lowest BCUT2D eigenvalue weighted by Gasteiger charge is -2.26. The van der Waals surface area contributed by atoms with Crippen LogP contribution in [-0.4, -0.2) is 46.7 Å². The topological polar surface area (TPSA) is 57.5 Å². The molecule has 1 aromatic heterocycles. The van der Waals surface area contributed by atoms with Crippen LogP contribution >= 0.6 is 0 Å². The zero-order valence-electron chi connectivity index (χ0n) is 19.8. The molecule has 0 saturated carbocycles. The smallest absolute Gasteiger partial charge is 0.352 e. The Labute approximate surface area is 192 Å². The molecule has 0 spiro atoms. The van der Waals surface area contributed by atoms with Crippen LogP contribution in [0.2, 0.25) is 0 Å². The molecular formula is C27H37N3O2. The number of hydrogen-bond acceptors (Lipinski definition) is 3. The molecule has 3 rings (SSSR count). The zero-order valence-corrected chi connectivity index (χ0v) is 19.8. The normalized spacial score (nSPS) is 11.8. The summed E-state index contributed by atoms with van der Waals surface area (Å²) in [5, 5.41) is 14.6. The highest BCUT2D eigenvalue weighted by Gasteiger charge is 2.22. The first-order chi connectivity index (χ1) is 15.4. The van der Waals surface area contributed by atoms with E-state index in [9.17, 15) is 9.90 Å². The maximum absolute atomic E-state index is 12.3. The lowest BCUT2D eigenvalue weighted by atomic mass is 10.1. The standard InChI is InChI=1S/C27H37N3O2/c1-20(2)17-29(18-21(3)4)15-14-28-16-24-23-12-8-9-13-25(23)30(26(24)27(31)32)19-22-10-6-5-7-11-22/h5-13,20-21,28H,14-19H2,1-4H3,(H,31,32). The van der Waals surface area contributed by atoms with Crippen LogP contribution in [0.1, 0.15) is 49.3 Å². The predicted molar refractivity (Wildman–Crippen MR) is 132 cm³/mol. The first-order valence-corrected chi connectivity index (χ1v) is 11.7. The number of aromatic carboxylic acids is 1. The number of aromatic nitrogens is 1. The second-order valence-electron chi connectivity index (χ2n) is 9.45. The Morgan fingerprint density at radius 1 is 0.969 bits per heavy atom. The lowest BCUT2D eigenvalue weighted by Crippen LogP contribution is -2.37. The summed E-state index contributed by atoms with van der Waals surface area (Å²) in [5.74, 6) is 0.377. The summed E-state index contributed by atoms with van der Waals surface area (Å²) >= 11 is 0. The van der Waals surface area contributed by atoms with Gasteiger partial charge < -0.3 is 19.9 Å². The van der Waals surface area contributed by atoms with Gasteiger partial charge in [0.15, 0.2) is 0 Å². The van der Waals surface area contributed by atoms with E-state index in [2.05, 4.69) is 37.9 Å². The van der Waals surface area contributed by atoms with Crippen molar-refractivity contribution in [2.75, 3.05) is 26.2 Å². The number of nitrogens with one attached hydrogen (secondary N) is 1. The number of rotatable bonds is 12. The van der Waals surface area contributed by atoms with Crippen molar-refractivity contribution in [1.29, 1.82) is 0 Å². The molecule has 0 radical (unpaired) electrons. The summed E-state index contributed by atoms with van der Waals surface area (Å²) in [4.78, 5) is 14.8. The number of nitrogens with zero attached hydrogens (tertiary/aromatic N) is 2. The van der Waals surface area contributed by atoms with Crippen LogP contribution in [0.25, 0.3) is 10.9 Å². The van der Waals surface area contributed by atoms with Gasteiger partial charge in [0, 0.05) is 55.7 Å². The van der Waals surface area contributed by atoms with Gasteiger partial charge in [0.2, 0.25) is 0 Å². The van der Waals surface area contributed by atoms with Crippen molar-refractivity contribution in [2.45, 2.75) is 40.8 Å². The van der Waals surface area contributed by atoms with Crippen molar-refractivity contribution in [3.8, 4) is 0 Å². The van der Waals surface area contributed by atoms with E-state index in [4.69, 9.17) is 0 Å². The number of para-hydroxylation sites is 1. The summed E-state index contributed by atoms with van der Waals surface area (Å²) < 4.78 is 1.94. The van der Waals surface area contributed by atoms with Crippen molar-refractivity contribution in [3.63, 3.8) is 0 Å². The van der Waals surface area contributed by atoms with Crippen molar-refractivity contribution < 1.29 is 9.90 Å². The molecule has 0 aliphatic rings. The molecule has 5 heteroatoms. The summed E-state index contributed by atoms with van der Waals surface area (Å²) in [5.41, 5.74) is 3.30. The van der Waals surface area contributed by atoms with Crippen LogP contribution in [-0.2, 0) is 13.1 Å². The molecule has 32 heavy (non-hydrogen) atoms. The van der Waals surface area contributed by atoms with E-state index in [-0.39, 0.29) is 0 Å². The minimum Gasteiger partial charge on any atom is -0.477 e. The Bertz CT molecular complexity index is 998. The van der Waals surface area contributed by atoms with Gasteiger partial charge in [-0.2, -0.15) is 0 Å². The minimum absolute atomic E-state index is 0.378. The van der Waals surface area contributed by atoms with Crippen molar-refractivity contribution >= 4 is 16.9 Å². The Kier molecular flexibility index (Phi) is 8.48. The van der Waals surface area contributed by atoms with Gasteiger partial charge in [0.1, 0.15) is 5.69 Å². The molecule has 0 atom stereocenters. The number of carboxylic acid groups (broad SMARTS) is 1. The Morgan fingerprint density at radius 3 is 2.22 bits per heavy atom. The largest absolute Gasteiger partial charge is 0.477 e. The molecule has 0 amide bonds. The molecule has 0 unspecified atom stereocenters. The quantitative estimate of drug-likeness (QED) is 0.389. The third kappa shape index (κ3) is 6.21. The molecule has 0 bridgehead atoms. The third-order valence-electron chi connectivity index (χ3n) is 5.62. The molecule has 0 aliphatic heterocycles. The fourth-order valence-corrected chi connectivity index (χ4v) is 4.47. The van der Waals surface area contributed by atoms with E-state index in [1.54, 1.807) is 0 Å². The molecule has 0 saturated heterocycles. The summed E-state index contributed by atoms with van der Waals surface area (Å²) in [6, 6.07) is 18.0. The molecule has 5 nitrogen and oxygen atoms in total. The number of fused-ring (bicyclic) bond motifs is 1. The number of benzene rings is 2. The van der Waals surface area contributed by atoms with E-state index in [1.807, 2.05) is 59.2 Å². The van der Waals surface area contributed by atoms with Gasteiger partial charge in [-0.25, -0.2) is 4.79 Å². The average molecular weight is 436 g/mol. The van der Waals surface area contributed by atoms with Crippen molar-refractivity contribution in [1.82, 2.24) is 14.8 Å². The zero-order chi connectivity index (χ0) is 23.1. The van der Waals surface area contributed by atoms with E-state index in [0.717, 1.165) is 48.2 Å². The maximum Gasteiger partial charge on any atom is 0.352 e. The summed E-state index contributed by atoms with van der Waals surface area (Å²) in [6.07, 6.45) is 0. The highest BCUT2D eigenvalue weighted by molar-refractivity contribution is 5.98. The molecule has 2 N–H and O–H groups in total. The number of carboxylic acids is 1. The van der Waals surface area contributed by atoms with Crippen molar-refractivity contribution in [3.05, 3.63) is 71.4 Å². The molecule has 0 aliphatic carbocycles. The Hall–Kier alpha value is -2.63. The fraction of sp³-hybridized carbons (Fsp3) is 0.444. The van der Waals surface area contributed by atoms with Gasteiger partial charge in [-0.15, -0.1) is 0 Å².